The van der Waals surface area contributed by atoms with Gasteiger partial charge in [0.05, 0.1) is 0 Å². The molecule has 2 unspecified atom stereocenters. The van der Waals surface area contributed by atoms with Gasteiger partial charge in [0.1, 0.15) is 0 Å². The van der Waals surface area contributed by atoms with Gasteiger partial charge in [-0.2, -0.15) is 0 Å². The predicted molar refractivity (Wildman–Crippen MR) is 48.4 cm³/mol. The van der Waals surface area contributed by atoms with E-state index in [2.05, 4.69) is 0 Å². The van der Waals surface area contributed by atoms with E-state index in [1.165, 1.54) is 0 Å². The van der Waals surface area contributed by atoms with Gasteiger partial charge in [0.2, 0.25) is 0 Å². The van der Waals surface area contributed by atoms with E-state index >= 15 is 0 Å². The van der Waals surface area contributed by atoms with Gasteiger partial charge in [0.25, 0.3) is 0 Å². The van der Waals surface area contributed by atoms with Crippen molar-refractivity contribution in [3.05, 3.63) is 6.61 Å². The Hall–Kier alpha value is 0.920. The number of aliphatic hydroxyl groups is 1. The molecule has 0 aromatic rings. The molecule has 1 fully saturated rings. The Morgan fingerprint density at radius 3 is 2.08 bits per heavy atom. The SMILES string of the molecule is CC1O[CH-]C(C)(C)C(O)C1(C)C.[Na+]. The van der Waals surface area contributed by atoms with Crippen molar-refractivity contribution in [2.75, 3.05) is 0 Å². The van der Waals surface area contributed by atoms with Crippen LogP contribution in [0.2, 0.25) is 0 Å². The minimum absolute atomic E-state index is 0. The summed E-state index contributed by atoms with van der Waals surface area (Å²) in [5.41, 5.74) is -0.408. The van der Waals surface area contributed by atoms with Gasteiger partial charge in [-0.05, 0) is 6.92 Å². The summed E-state index contributed by atoms with van der Waals surface area (Å²) in [4.78, 5) is 0. The van der Waals surface area contributed by atoms with E-state index in [-0.39, 0.29) is 52.6 Å². The molecule has 3 heteroatoms. The van der Waals surface area contributed by atoms with Gasteiger partial charge < -0.3 is 9.84 Å². The maximum atomic E-state index is 10.0. The molecule has 0 radical (unpaired) electrons. The molecular formula is C10H19NaO2. The van der Waals surface area contributed by atoms with E-state index in [9.17, 15) is 5.11 Å². The van der Waals surface area contributed by atoms with Crippen molar-refractivity contribution in [3.8, 4) is 0 Å². The topological polar surface area (TPSA) is 29.5 Å². The molecule has 0 aromatic carbocycles. The summed E-state index contributed by atoms with van der Waals surface area (Å²) in [5, 5.41) is 10.0. The Morgan fingerprint density at radius 2 is 1.69 bits per heavy atom. The van der Waals surface area contributed by atoms with Crippen molar-refractivity contribution in [1.82, 2.24) is 0 Å². The molecule has 0 saturated carbocycles. The van der Waals surface area contributed by atoms with Crippen molar-refractivity contribution in [3.63, 3.8) is 0 Å². The third-order valence-electron chi connectivity index (χ3n) is 3.03. The van der Waals surface area contributed by atoms with Crippen molar-refractivity contribution in [1.29, 1.82) is 0 Å². The summed E-state index contributed by atoms with van der Waals surface area (Å²) in [6.07, 6.45) is -0.255. The molecule has 0 aliphatic carbocycles. The molecule has 1 aliphatic heterocycles. The van der Waals surface area contributed by atoms with Gasteiger partial charge >= 0.3 is 29.6 Å². The van der Waals surface area contributed by atoms with Gasteiger partial charge in [0, 0.05) is 17.6 Å². The molecule has 1 heterocycles. The first-order valence-electron chi connectivity index (χ1n) is 4.46. The average Bonchev–Trinajstić information content (AvgIpc) is 1.96. The fourth-order valence-electron chi connectivity index (χ4n) is 1.70. The molecule has 1 N–H and O–H groups in total. The van der Waals surface area contributed by atoms with Crippen LogP contribution in [0.4, 0.5) is 0 Å². The van der Waals surface area contributed by atoms with Crippen LogP contribution in [0.15, 0.2) is 0 Å². The summed E-state index contributed by atoms with van der Waals surface area (Å²) >= 11 is 0. The standard InChI is InChI=1S/C10H19O2.Na/c1-7-10(4,5)8(11)9(2,3)6-12-7;/h6-8,11H,1-5H3;/q-1;+1. The first kappa shape index (κ1) is 13.9. The van der Waals surface area contributed by atoms with Gasteiger partial charge in [-0.25, -0.2) is 6.61 Å². The predicted octanol–water partition coefficient (Wildman–Crippen LogP) is -1.02. The Morgan fingerprint density at radius 1 is 1.23 bits per heavy atom. The summed E-state index contributed by atoms with van der Waals surface area (Å²) in [5.74, 6) is 0. The number of hydrogen-bond acceptors (Lipinski definition) is 2. The zero-order chi connectivity index (χ0) is 9.57. The van der Waals surface area contributed by atoms with Crippen molar-refractivity contribution in [2.24, 2.45) is 10.8 Å². The Kier molecular flexibility index (Phi) is 4.49. The zero-order valence-electron chi connectivity index (χ0n) is 9.59. The minimum atomic E-state index is -0.339. The summed E-state index contributed by atoms with van der Waals surface area (Å²) in [7, 11) is 0. The zero-order valence-corrected chi connectivity index (χ0v) is 11.6. The summed E-state index contributed by atoms with van der Waals surface area (Å²) in [6.45, 7) is 11.8. The van der Waals surface area contributed by atoms with Crippen LogP contribution in [-0.2, 0) is 4.74 Å². The van der Waals surface area contributed by atoms with E-state index in [4.69, 9.17) is 4.74 Å². The van der Waals surface area contributed by atoms with Gasteiger partial charge in [-0.15, -0.1) is 5.41 Å². The molecule has 0 bridgehead atoms. The third-order valence-corrected chi connectivity index (χ3v) is 3.03. The molecule has 1 aliphatic rings. The molecule has 2 nitrogen and oxygen atoms in total. The molecular weight excluding hydrogens is 175 g/mol. The fraction of sp³-hybridized carbons (Fsp3) is 0.900. The average molecular weight is 194 g/mol. The summed E-state index contributed by atoms with van der Waals surface area (Å²) in [6, 6.07) is 0. The third kappa shape index (κ3) is 2.48. The second-order valence-electron chi connectivity index (χ2n) is 4.94. The number of ether oxygens (including phenoxy) is 1. The largest absolute Gasteiger partial charge is 1.00 e. The van der Waals surface area contributed by atoms with Crippen LogP contribution in [0.3, 0.4) is 0 Å². The van der Waals surface area contributed by atoms with E-state index in [1.54, 1.807) is 6.61 Å². The first-order valence-corrected chi connectivity index (χ1v) is 4.46. The maximum Gasteiger partial charge on any atom is 1.00 e. The second kappa shape index (κ2) is 4.19. The maximum absolute atomic E-state index is 10.0. The smallest absolute Gasteiger partial charge is 0.549 e. The summed E-state index contributed by atoms with van der Waals surface area (Å²) < 4.78 is 5.49. The van der Waals surface area contributed by atoms with Gasteiger partial charge in [-0.3, -0.25) is 0 Å². The first-order chi connectivity index (χ1) is 5.28. The number of rotatable bonds is 0. The van der Waals surface area contributed by atoms with Crippen molar-refractivity contribution in [2.45, 2.75) is 46.8 Å². The monoisotopic (exact) mass is 194 g/mol. The van der Waals surface area contributed by atoms with Crippen molar-refractivity contribution >= 4 is 0 Å². The molecule has 1 rings (SSSR count). The van der Waals surface area contributed by atoms with Crippen LogP contribution in [0.25, 0.3) is 0 Å². The number of hydrogen-bond donors (Lipinski definition) is 1. The van der Waals surface area contributed by atoms with E-state index < -0.39 is 0 Å². The van der Waals surface area contributed by atoms with Gasteiger partial charge in [0.15, 0.2) is 0 Å². The van der Waals surface area contributed by atoms with E-state index in [0.29, 0.717) is 0 Å². The Balaban J connectivity index is 0.00000144. The van der Waals surface area contributed by atoms with Crippen LogP contribution >= 0.6 is 0 Å². The van der Waals surface area contributed by atoms with E-state index in [1.807, 2.05) is 34.6 Å². The normalized spacial score (nSPS) is 36.5. The van der Waals surface area contributed by atoms with Crippen LogP contribution in [0, 0.1) is 17.4 Å². The number of aliphatic hydroxyl groups excluding tert-OH is 1. The molecule has 1 saturated heterocycles. The molecule has 13 heavy (non-hydrogen) atoms. The molecule has 72 valence electrons. The molecule has 2 atom stereocenters. The van der Waals surface area contributed by atoms with Crippen molar-refractivity contribution < 1.29 is 39.4 Å². The quantitative estimate of drug-likeness (QED) is 0.395. The van der Waals surface area contributed by atoms with E-state index in [0.717, 1.165) is 0 Å². The fourth-order valence-corrected chi connectivity index (χ4v) is 1.70. The molecule has 0 aromatic heterocycles. The Labute approximate surface area is 103 Å². The van der Waals surface area contributed by atoms with Crippen LogP contribution < -0.4 is 29.6 Å². The Bertz CT molecular complexity index is 178. The van der Waals surface area contributed by atoms with Crippen LogP contribution in [-0.4, -0.2) is 17.3 Å². The molecule has 0 spiro atoms. The second-order valence-corrected chi connectivity index (χ2v) is 4.94. The van der Waals surface area contributed by atoms with Crippen LogP contribution in [0.5, 0.6) is 0 Å². The minimum Gasteiger partial charge on any atom is -0.549 e. The molecule has 0 amide bonds. The van der Waals surface area contributed by atoms with Crippen LogP contribution in [0.1, 0.15) is 34.6 Å². The van der Waals surface area contributed by atoms with Gasteiger partial charge in [-0.1, -0.05) is 27.7 Å².